The zero-order chi connectivity index (χ0) is 21.2. The number of hydrogen-bond acceptors (Lipinski definition) is 4. The molecule has 0 unspecified atom stereocenters. The Morgan fingerprint density at radius 1 is 1.24 bits per heavy atom. The van der Waals surface area contributed by atoms with Crippen LogP contribution in [-0.2, 0) is 9.59 Å². The van der Waals surface area contributed by atoms with Gasteiger partial charge in [-0.2, -0.15) is 0 Å². The fraction of sp³-hybridized carbons (Fsp3) is 0.364. The maximum absolute atomic E-state index is 12.6. The lowest BCUT2D eigenvalue weighted by molar-refractivity contribution is -0.123. The van der Waals surface area contributed by atoms with Gasteiger partial charge in [0.15, 0.2) is 0 Å². The molecule has 0 spiro atoms. The number of carbonyl (C=O) groups excluding carboxylic acids is 2. The van der Waals surface area contributed by atoms with Gasteiger partial charge in [0.1, 0.15) is 5.37 Å². The maximum Gasteiger partial charge on any atom is 0.238 e. The minimum Gasteiger partial charge on any atom is -0.378 e. The number of hydrogen-bond donors (Lipinski definition) is 1. The Balaban J connectivity index is 1.85. The van der Waals surface area contributed by atoms with Crippen LogP contribution in [0.2, 0.25) is 0 Å². The third-order valence-electron chi connectivity index (χ3n) is 4.89. The fourth-order valence-corrected chi connectivity index (χ4v) is 4.28. The lowest BCUT2D eigenvalue weighted by Gasteiger charge is -2.26. The second kappa shape index (κ2) is 8.67. The van der Waals surface area contributed by atoms with Crippen LogP contribution in [0.15, 0.2) is 48.5 Å². The molecule has 0 aromatic heterocycles. The van der Waals surface area contributed by atoms with Crippen LogP contribution in [0.3, 0.4) is 0 Å². The van der Waals surface area contributed by atoms with Crippen LogP contribution in [0.4, 0.5) is 17.1 Å². The van der Waals surface area contributed by atoms with Crippen molar-refractivity contribution in [3.63, 3.8) is 0 Å². The van der Waals surface area contributed by atoms with Gasteiger partial charge >= 0.3 is 0 Å². The summed E-state index contributed by atoms with van der Waals surface area (Å²) in [6.45, 7) is 3.62. The van der Waals surface area contributed by atoms with Crippen LogP contribution in [0.5, 0.6) is 0 Å². The van der Waals surface area contributed by atoms with Crippen molar-refractivity contribution >= 4 is 52.2 Å². The van der Waals surface area contributed by atoms with Gasteiger partial charge in [-0.25, -0.2) is 0 Å². The molecule has 7 heteroatoms. The average molecular weight is 432 g/mol. The van der Waals surface area contributed by atoms with E-state index in [9.17, 15) is 9.59 Å². The Hall–Kier alpha value is -2.18. The number of thioether (sulfide) groups is 1. The van der Waals surface area contributed by atoms with Crippen LogP contribution in [-0.4, -0.2) is 37.5 Å². The Kier molecular flexibility index (Phi) is 6.44. The molecule has 1 atom stereocenters. The highest BCUT2D eigenvalue weighted by molar-refractivity contribution is 8.00. The van der Waals surface area contributed by atoms with Crippen molar-refractivity contribution < 1.29 is 9.59 Å². The van der Waals surface area contributed by atoms with Crippen molar-refractivity contribution in [2.24, 2.45) is 5.41 Å². The van der Waals surface area contributed by atoms with Gasteiger partial charge in [-0.1, -0.05) is 12.1 Å². The third-order valence-corrected chi connectivity index (χ3v) is 6.77. The van der Waals surface area contributed by atoms with E-state index in [0.717, 1.165) is 16.9 Å². The Bertz CT molecular complexity index is 899. The molecule has 1 heterocycles. The Morgan fingerprint density at radius 2 is 1.93 bits per heavy atom. The SMILES string of the molecule is CN(C)c1ccc(N2C(=O)CS[C@@H]2c2cccc(NC(=O)C(C)(C)CCl)c2)cc1. The van der Waals surface area contributed by atoms with Crippen LogP contribution >= 0.6 is 23.4 Å². The van der Waals surface area contributed by atoms with Crippen LogP contribution < -0.4 is 15.1 Å². The molecule has 1 fully saturated rings. The van der Waals surface area contributed by atoms with Gasteiger partial charge in [-0.15, -0.1) is 23.4 Å². The number of halogens is 1. The Labute approximate surface area is 181 Å². The predicted octanol–water partition coefficient (Wildman–Crippen LogP) is 4.73. The minimum absolute atomic E-state index is 0.0790. The molecule has 2 aromatic carbocycles. The van der Waals surface area contributed by atoms with Gasteiger partial charge in [0.25, 0.3) is 0 Å². The summed E-state index contributed by atoms with van der Waals surface area (Å²) in [5.41, 5.74) is 2.97. The highest BCUT2D eigenvalue weighted by Gasteiger charge is 2.34. The first-order chi connectivity index (χ1) is 13.7. The lowest BCUT2D eigenvalue weighted by atomic mass is 9.95. The quantitative estimate of drug-likeness (QED) is 0.671. The minimum atomic E-state index is -0.657. The molecule has 0 saturated carbocycles. The molecule has 0 bridgehead atoms. The summed E-state index contributed by atoms with van der Waals surface area (Å²) in [5, 5.41) is 2.81. The van der Waals surface area contributed by atoms with Crippen LogP contribution in [0.1, 0.15) is 24.8 Å². The monoisotopic (exact) mass is 431 g/mol. The van der Waals surface area contributed by atoms with Crippen molar-refractivity contribution in [1.29, 1.82) is 0 Å². The van der Waals surface area contributed by atoms with Gasteiger partial charge in [-0.05, 0) is 55.8 Å². The first-order valence-corrected chi connectivity index (χ1v) is 11.0. The van der Waals surface area contributed by atoms with Gasteiger partial charge in [0.05, 0.1) is 11.2 Å². The van der Waals surface area contributed by atoms with Crippen LogP contribution in [0.25, 0.3) is 0 Å². The topological polar surface area (TPSA) is 52.6 Å². The second-order valence-corrected chi connectivity index (χ2v) is 9.27. The van der Waals surface area contributed by atoms with E-state index in [1.807, 2.05) is 86.3 Å². The summed E-state index contributed by atoms with van der Waals surface area (Å²) in [5.74, 6) is 0.615. The van der Waals surface area contributed by atoms with Gasteiger partial charge < -0.3 is 10.2 Å². The zero-order valence-electron chi connectivity index (χ0n) is 17.1. The Morgan fingerprint density at radius 3 is 2.55 bits per heavy atom. The van der Waals surface area contributed by atoms with Crippen molar-refractivity contribution in [3.05, 3.63) is 54.1 Å². The lowest BCUT2D eigenvalue weighted by Crippen LogP contribution is -2.32. The molecule has 5 nitrogen and oxygen atoms in total. The largest absolute Gasteiger partial charge is 0.378 e. The number of anilines is 3. The van der Waals surface area contributed by atoms with Crippen LogP contribution in [0, 0.1) is 5.41 Å². The van der Waals surface area contributed by atoms with Gasteiger partial charge in [0, 0.05) is 37.0 Å². The maximum atomic E-state index is 12.6. The van der Waals surface area contributed by atoms with Crippen molar-refractivity contribution in [3.8, 4) is 0 Å². The summed E-state index contributed by atoms with van der Waals surface area (Å²) >= 11 is 7.50. The van der Waals surface area contributed by atoms with E-state index in [-0.39, 0.29) is 23.1 Å². The van der Waals surface area contributed by atoms with E-state index >= 15 is 0 Å². The number of nitrogens with one attached hydrogen (secondary N) is 1. The molecule has 1 aliphatic heterocycles. The highest BCUT2D eigenvalue weighted by atomic mass is 35.5. The zero-order valence-corrected chi connectivity index (χ0v) is 18.7. The second-order valence-electron chi connectivity index (χ2n) is 7.94. The number of carbonyl (C=O) groups is 2. The van der Waals surface area contributed by atoms with Crippen molar-refractivity contribution in [1.82, 2.24) is 0 Å². The molecule has 1 saturated heterocycles. The summed E-state index contributed by atoms with van der Waals surface area (Å²) in [7, 11) is 3.97. The number of nitrogens with zero attached hydrogens (tertiary/aromatic N) is 2. The smallest absolute Gasteiger partial charge is 0.238 e. The highest BCUT2D eigenvalue weighted by Crippen LogP contribution is 2.42. The van der Waals surface area contributed by atoms with Gasteiger partial charge in [0.2, 0.25) is 11.8 Å². The van der Waals surface area contributed by atoms with E-state index in [2.05, 4.69) is 5.32 Å². The molecule has 2 aromatic rings. The molecular weight excluding hydrogens is 406 g/mol. The van der Waals surface area contributed by atoms with E-state index in [1.165, 1.54) is 0 Å². The molecule has 0 radical (unpaired) electrons. The molecule has 0 aliphatic carbocycles. The third kappa shape index (κ3) is 4.70. The van der Waals surface area contributed by atoms with E-state index in [4.69, 9.17) is 11.6 Å². The molecule has 29 heavy (non-hydrogen) atoms. The first kappa shape index (κ1) is 21.5. The average Bonchev–Trinajstić information content (AvgIpc) is 3.09. The van der Waals surface area contributed by atoms with E-state index < -0.39 is 5.41 Å². The number of alkyl halides is 1. The van der Waals surface area contributed by atoms with Crippen molar-refractivity contribution in [2.75, 3.05) is 40.8 Å². The predicted molar refractivity (Wildman–Crippen MR) is 123 cm³/mol. The molecule has 3 rings (SSSR count). The van der Waals surface area contributed by atoms with E-state index in [1.54, 1.807) is 11.8 Å². The molecule has 1 aliphatic rings. The van der Waals surface area contributed by atoms with Crippen molar-refractivity contribution in [2.45, 2.75) is 19.2 Å². The normalized spacial score (nSPS) is 16.8. The molecule has 2 amide bonds. The number of rotatable bonds is 6. The summed E-state index contributed by atoms with van der Waals surface area (Å²) < 4.78 is 0. The van der Waals surface area contributed by atoms with E-state index in [0.29, 0.717) is 11.4 Å². The van der Waals surface area contributed by atoms with Gasteiger partial charge in [-0.3, -0.25) is 14.5 Å². The summed E-state index contributed by atoms with van der Waals surface area (Å²) in [4.78, 5) is 28.9. The summed E-state index contributed by atoms with van der Waals surface area (Å²) in [6, 6.07) is 15.6. The molecule has 1 N–H and O–H groups in total. The summed E-state index contributed by atoms with van der Waals surface area (Å²) in [6.07, 6.45) is 0. The number of amides is 2. The molecular formula is C22H26ClN3O2S. The number of benzene rings is 2. The molecule has 154 valence electrons. The standard InChI is InChI=1S/C22H26ClN3O2S/c1-22(2,14-23)21(28)24-16-7-5-6-15(12-16)20-26(19(27)13-29-20)18-10-8-17(9-11-18)25(3)4/h5-12,20H,13-14H2,1-4H3,(H,24,28)/t20-/m1/s1. The fourth-order valence-electron chi connectivity index (χ4n) is 2.99. The first-order valence-electron chi connectivity index (χ1n) is 9.41.